The Morgan fingerprint density at radius 2 is 1.59 bits per heavy atom. The zero-order valence-corrected chi connectivity index (χ0v) is 23.0. The van der Waals surface area contributed by atoms with Crippen LogP contribution in [-0.4, -0.2) is 6.61 Å². The molecule has 0 saturated heterocycles. The number of unbranched alkanes of at least 4 members (excludes halogenated alkanes) is 1. The standard InChI is InChI=1S/C34H48F2O/c1-3-5-7-25-10-16-28(17-11-25)29-18-12-26(13-19-29)8-9-27-14-20-30(21-15-27)31-22-23-32(34(36)33(31)35)37-24-6-4-2/h3,8-9,20,22-23,25-29H,1,4-7,10-19,21,24H2,2H3/b9-8+. The summed E-state index contributed by atoms with van der Waals surface area (Å²) in [4.78, 5) is 0. The van der Waals surface area contributed by atoms with Gasteiger partial charge in [0, 0.05) is 5.56 Å². The first kappa shape index (κ1) is 28.1. The van der Waals surface area contributed by atoms with E-state index in [4.69, 9.17) is 4.74 Å². The van der Waals surface area contributed by atoms with Crippen molar-refractivity contribution in [2.24, 2.45) is 29.6 Å². The van der Waals surface area contributed by atoms with Gasteiger partial charge in [-0.3, -0.25) is 0 Å². The van der Waals surface area contributed by atoms with Crippen LogP contribution >= 0.6 is 0 Å². The molecule has 1 unspecified atom stereocenters. The molecule has 1 nitrogen and oxygen atoms in total. The number of halogens is 2. The Hall–Kier alpha value is -1.90. The van der Waals surface area contributed by atoms with Gasteiger partial charge >= 0.3 is 0 Å². The summed E-state index contributed by atoms with van der Waals surface area (Å²) in [6.07, 6.45) is 27.4. The molecule has 0 amide bonds. The van der Waals surface area contributed by atoms with Crippen molar-refractivity contribution in [1.82, 2.24) is 0 Å². The van der Waals surface area contributed by atoms with Gasteiger partial charge in [-0.05, 0) is 124 Å². The number of benzene rings is 1. The summed E-state index contributed by atoms with van der Waals surface area (Å²) < 4.78 is 34.7. The van der Waals surface area contributed by atoms with Crippen LogP contribution in [0.4, 0.5) is 8.78 Å². The monoisotopic (exact) mass is 510 g/mol. The van der Waals surface area contributed by atoms with Crippen LogP contribution in [0.25, 0.3) is 5.57 Å². The molecule has 1 aromatic rings. The van der Waals surface area contributed by atoms with Gasteiger partial charge in [-0.25, -0.2) is 4.39 Å². The summed E-state index contributed by atoms with van der Waals surface area (Å²) in [5.41, 5.74) is 1.33. The first-order valence-corrected chi connectivity index (χ1v) is 15.2. The van der Waals surface area contributed by atoms with Gasteiger partial charge in [0.2, 0.25) is 5.82 Å². The lowest BCUT2D eigenvalue weighted by atomic mass is 9.68. The minimum atomic E-state index is -0.854. The average Bonchev–Trinajstić information content (AvgIpc) is 2.94. The van der Waals surface area contributed by atoms with Gasteiger partial charge in [-0.1, -0.05) is 50.5 Å². The van der Waals surface area contributed by atoms with Gasteiger partial charge in [-0.2, -0.15) is 4.39 Å². The predicted octanol–water partition coefficient (Wildman–Crippen LogP) is 10.5. The van der Waals surface area contributed by atoms with E-state index < -0.39 is 11.6 Å². The summed E-state index contributed by atoms with van der Waals surface area (Å²) in [5, 5.41) is 0. The molecule has 0 heterocycles. The molecule has 0 spiro atoms. The molecule has 1 atom stereocenters. The van der Waals surface area contributed by atoms with Crippen molar-refractivity contribution < 1.29 is 13.5 Å². The Balaban J connectivity index is 1.21. The third kappa shape index (κ3) is 7.80. The van der Waals surface area contributed by atoms with Crippen LogP contribution in [0, 0.1) is 41.2 Å². The highest BCUT2D eigenvalue weighted by Crippen LogP contribution is 2.43. The molecule has 0 bridgehead atoms. The largest absolute Gasteiger partial charge is 0.490 e. The fourth-order valence-electron chi connectivity index (χ4n) is 6.92. The van der Waals surface area contributed by atoms with Crippen molar-refractivity contribution >= 4 is 5.57 Å². The molecule has 3 aliphatic rings. The van der Waals surface area contributed by atoms with E-state index in [0.29, 0.717) is 18.1 Å². The number of hydrogen-bond donors (Lipinski definition) is 0. The van der Waals surface area contributed by atoms with Crippen LogP contribution in [0.1, 0.15) is 109 Å². The maximum atomic E-state index is 14.8. The summed E-state index contributed by atoms with van der Waals surface area (Å²) in [6.45, 7) is 6.35. The van der Waals surface area contributed by atoms with E-state index in [-0.39, 0.29) is 5.75 Å². The van der Waals surface area contributed by atoms with E-state index in [1.807, 2.05) is 6.92 Å². The quantitative estimate of drug-likeness (QED) is 0.212. The molecule has 4 rings (SSSR count). The fraction of sp³-hybridized carbons (Fsp3) is 0.647. The molecule has 3 heteroatoms. The molecular formula is C34H48F2O. The highest BCUT2D eigenvalue weighted by Gasteiger charge is 2.30. The second-order valence-corrected chi connectivity index (χ2v) is 11.9. The van der Waals surface area contributed by atoms with Gasteiger partial charge in [0.1, 0.15) is 0 Å². The summed E-state index contributed by atoms with van der Waals surface area (Å²) >= 11 is 0. The van der Waals surface area contributed by atoms with Gasteiger partial charge in [-0.15, -0.1) is 6.58 Å². The first-order chi connectivity index (χ1) is 18.1. The molecule has 1 aromatic carbocycles. The third-order valence-electron chi connectivity index (χ3n) is 9.41. The van der Waals surface area contributed by atoms with Crippen molar-refractivity contribution in [3.8, 4) is 5.75 Å². The number of allylic oxidation sites excluding steroid dienone is 5. The van der Waals surface area contributed by atoms with E-state index in [2.05, 4.69) is 30.9 Å². The van der Waals surface area contributed by atoms with Crippen LogP contribution in [0.3, 0.4) is 0 Å². The maximum Gasteiger partial charge on any atom is 0.201 e. The SMILES string of the molecule is C=CCCC1CCC(C2CCC(/C=C/C3CC=C(c4ccc(OCCCC)c(F)c4F)CC3)CC2)CC1. The number of hydrogen-bond acceptors (Lipinski definition) is 1. The van der Waals surface area contributed by atoms with Crippen LogP contribution in [0.5, 0.6) is 5.75 Å². The Kier molecular flexibility index (Phi) is 10.9. The fourth-order valence-corrected chi connectivity index (χ4v) is 6.92. The minimum absolute atomic E-state index is 0.0258. The van der Waals surface area contributed by atoms with Crippen LogP contribution in [0.2, 0.25) is 0 Å². The van der Waals surface area contributed by atoms with Gasteiger partial charge in [0.25, 0.3) is 0 Å². The van der Waals surface area contributed by atoms with Crippen LogP contribution < -0.4 is 4.74 Å². The Morgan fingerprint density at radius 3 is 2.24 bits per heavy atom. The van der Waals surface area contributed by atoms with Crippen LogP contribution in [-0.2, 0) is 0 Å². The smallest absolute Gasteiger partial charge is 0.201 e. The van der Waals surface area contributed by atoms with Crippen LogP contribution in [0.15, 0.2) is 43.0 Å². The molecule has 0 radical (unpaired) electrons. The molecule has 0 aromatic heterocycles. The van der Waals surface area contributed by atoms with Crippen molar-refractivity contribution in [1.29, 1.82) is 0 Å². The van der Waals surface area contributed by atoms with Crippen molar-refractivity contribution in [3.63, 3.8) is 0 Å². The van der Waals surface area contributed by atoms with E-state index in [0.717, 1.165) is 61.3 Å². The lowest BCUT2D eigenvalue weighted by Gasteiger charge is -2.37. The van der Waals surface area contributed by atoms with E-state index >= 15 is 0 Å². The Morgan fingerprint density at radius 1 is 0.892 bits per heavy atom. The highest BCUT2D eigenvalue weighted by molar-refractivity contribution is 5.67. The van der Waals surface area contributed by atoms with Gasteiger partial charge in [0.15, 0.2) is 11.6 Å². The molecule has 2 fully saturated rings. The third-order valence-corrected chi connectivity index (χ3v) is 9.41. The first-order valence-electron chi connectivity index (χ1n) is 15.2. The number of ether oxygens (including phenoxy) is 1. The minimum Gasteiger partial charge on any atom is -0.490 e. The molecule has 0 N–H and O–H groups in total. The lowest BCUT2D eigenvalue weighted by Crippen LogP contribution is -2.25. The van der Waals surface area contributed by atoms with Crippen molar-refractivity contribution in [3.05, 3.63) is 60.2 Å². The van der Waals surface area contributed by atoms with Gasteiger partial charge < -0.3 is 4.74 Å². The normalized spacial score (nSPS) is 28.7. The zero-order chi connectivity index (χ0) is 26.0. The van der Waals surface area contributed by atoms with Crippen molar-refractivity contribution in [2.75, 3.05) is 6.61 Å². The van der Waals surface area contributed by atoms with Crippen molar-refractivity contribution in [2.45, 2.75) is 103 Å². The Bertz CT molecular complexity index is 916. The van der Waals surface area contributed by atoms with Gasteiger partial charge in [0.05, 0.1) is 6.61 Å². The zero-order valence-electron chi connectivity index (χ0n) is 23.0. The molecule has 2 saturated carbocycles. The van der Waals surface area contributed by atoms with E-state index in [9.17, 15) is 8.78 Å². The number of rotatable bonds is 11. The summed E-state index contributed by atoms with van der Waals surface area (Å²) in [5.74, 6) is 2.49. The summed E-state index contributed by atoms with van der Waals surface area (Å²) in [7, 11) is 0. The topological polar surface area (TPSA) is 9.23 Å². The molecule has 204 valence electrons. The second kappa shape index (κ2) is 14.3. The Labute approximate surface area is 224 Å². The maximum absolute atomic E-state index is 14.8. The predicted molar refractivity (Wildman–Crippen MR) is 152 cm³/mol. The van der Waals surface area contributed by atoms with E-state index in [1.165, 1.54) is 64.2 Å². The molecule has 37 heavy (non-hydrogen) atoms. The summed E-state index contributed by atoms with van der Waals surface area (Å²) in [6, 6.07) is 3.27. The second-order valence-electron chi connectivity index (χ2n) is 11.9. The average molecular weight is 511 g/mol. The molecule has 3 aliphatic carbocycles. The van der Waals surface area contributed by atoms with E-state index in [1.54, 1.807) is 12.1 Å². The highest BCUT2D eigenvalue weighted by atomic mass is 19.2. The molecular weight excluding hydrogens is 462 g/mol. The lowest BCUT2D eigenvalue weighted by molar-refractivity contribution is 0.153. The molecule has 0 aliphatic heterocycles.